The van der Waals surface area contributed by atoms with Crippen molar-refractivity contribution in [2.75, 3.05) is 33.9 Å². The first-order valence-corrected chi connectivity index (χ1v) is 6.91. The van der Waals surface area contributed by atoms with Crippen molar-refractivity contribution in [1.29, 1.82) is 0 Å². The molecule has 19 heavy (non-hydrogen) atoms. The van der Waals surface area contributed by atoms with E-state index in [1.807, 2.05) is 20.2 Å². The van der Waals surface area contributed by atoms with Crippen LogP contribution >= 0.6 is 12.2 Å². The SMILES string of the molecule is Cc1cccc2[nH]c(=S)n(CCOCCN(C)C)c12. The molecule has 0 unspecified atom stereocenters. The lowest BCUT2D eigenvalue weighted by atomic mass is 10.2. The Labute approximate surface area is 119 Å². The fourth-order valence-corrected chi connectivity index (χ4v) is 2.41. The summed E-state index contributed by atoms with van der Waals surface area (Å²) < 4.78 is 8.52. The minimum Gasteiger partial charge on any atom is -0.378 e. The minimum atomic E-state index is 0.684. The predicted molar refractivity (Wildman–Crippen MR) is 81.2 cm³/mol. The standard InChI is InChI=1S/C14H21N3OS/c1-11-5-4-6-12-13(11)17(14(19)15-12)8-10-18-9-7-16(2)3/h4-6H,7-10H2,1-3H3,(H,15,19). The molecule has 1 aromatic carbocycles. The second-order valence-corrected chi connectivity index (χ2v) is 5.36. The van der Waals surface area contributed by atoms with Crippen molar-refractivity contribution in [2.24, 2.45) is 0 Å². The molecule has 0 bridgehead atoms. The second kappa shape index (κ2) is 6.32. The van der Waals surface area contributed by atoms with Crippen molar-refractivity contribution in [3.05, 3.63) is 28.5 Å². The number of hydrogen-bond acceptors (Lipinski definition) is 3. The first-order valence-electron chi connectivity index (χ1n) is 6.50. The van der Waals surface area contributed by atoms with Crippen molar-refractivity contribution in [2.45, 2.75) is 13.5 Å². The molecule has 104 valence electrons. The number of ether oxygens (including phenoxy) is 1. The maximum atomic E-state index is 5.64. The number of aryl methyl sites for hydroxylation is 1. The highest BCUT2D eigenvalue weighted by molar-refractivity contribution is 7.71. The summed E-state index contributed by atoms with van der Waals surface area (Å²) in [5, 5.41) is 0. The fraction of sp³-hybridized carbons (Fsp3) is 0.500. The van der Waals surface area contributed by atoms with Crippen LogP contribution in [0.2, 0.25) is 0 Å². The number of likely N-dealkylation sites (N-methyl/N-ethyl adjacent to an activating group) is 1. The molecule has 1 aromatic heterocycles. The van der Waals surface area contributed by atoms with E-state index in [4.69, 9.17) is 17.0 Å². The van der Waals surface area contributed by atoms with Crippen LogP contribution < -0.4 is 0 Å². The number of aromatic nitrogens is 2. The zero-order valence-corrected chi connectivity index (χ0v) is 12.6. The first kappa shape index (κ1) is 14.2. The molecule has 0 aliphatic heterocycles. The van der Waals surface area contributed by atoms with Gasteiger partial charge in [0.05, 0.1) is 24.2 Å². The monoisotopic (exact) mass is 279 g/mol. The van der Waals surface area contributed by atoms with E-state index in [-0.39, 0.29) is 0 Å². The highest BCUT2D eigenvalue weighted by atomic mass is 32.1. The molecule has 0 aliphatic carbocycles. The Morgan fingerprint density at radius 3 is 2.84 bits per heavy atom. The van der Waals surface area contributed by atoms with Gasteiger partial charge in [-0.15, -0.1) is 0 Å². The van der Waals surface area contributed by atoms with Crippen LogP contribution in [-0.4, -0.2) is 48.3 Å². The fourth-order valence-electron chi connectivity index (χ4n) is 2.12. The lowest BCUT2D eigenvalue weighted by Crippen LogP contribution is -2.19. The van der Waals surface area contributed by atoms with Gasteiger partial charge in [-0.3, -0.25) is 0 Å². The van der Waals surface area contributed by atoms with E-state index in [9.17, 15) is 0 Å². The van der Waals surface area contributed by atoms with Gasteiger partial charge in [-0.2, -0.15) is 0 Å². The van der Waals surface area contributed by atoms with Gasteiger partial charge in [0.2, 0.25) is 0 Å². The van der Waals surface area contributed by atoms with Crippen LogP contribution in [-0.2, 0) is 11.3 Å². The summed E-state index contributed by atoms with van der Waals surface area (Å²) in [4.78, 5) is 5.35. The Morgan fingerprint density at radius 1 is 1.32 bits per heavy atom. The molecule has 5 heteroatoms. The first-order chi connectivity index (χ1) is 9.09. The van der Waals surface area contributed by atoms with Crippen molar-refractivity contribution in [3.63, 3.8) is 0 Å². The van der Waals surface area contributed by atoms with Gasteiger partial charge in [-0.1, -0.05) is 12.1 Å². The highest BCUT2D eigenvalue weighted by Crippen LogP contribution is 2.18. The maximum absolute atomic E-state index is 5.64. The van der Waals surface area contributed by atoms with E-state index in [1.165, 1.54) is 11.1 Å². The number of fused-ring (bicyclic) bond motifs is 1. The van der Waals surface area contributed by atoms with Gasteiger partial charge in [0.25, 0.3) is 0 Å². The molecule has 0 saturated heterocycles. The van der Waals surface area contributed by atoms with Gasteiger partial charge in [0.15, 0.2) is 4.77 Å². The zero-order valence-electron chi connectivity index (χ0n) is 11.8. The number of nitrogens with one attached hydrogen (secondary N) is 1. The second-order valence-electron chi connectivity index (χ2n) is 4.97. The third-order valence-corrected chi connectivity index (χ3v) is 3.46. The molecule has 1 heterocycles. The summed E-state index contributed by atoms with van der Waals surface area (Å²) in [6, 6.07) is 6.21. The van der Waals surface area contributed by atoms with E-state index in [0.29, 0.717) is 6.61 Å². The molecule has 1 N–H and O–H groups in total. The van der Waals surface area contributed by atoms with Crippen molar-refractivity contribution >= 4 is 23.3 Å². The Hall–Kier alpha value is -1.17. The van der Waals surface area contributed by atoms with Gasteiger partial charge in [0, 0.05) is 13.1 Å². The lowest BCUT2D eigenvalue weighted by molar-refractivity contribution is 0.111. The molecule has 4 nitrogen and oxygen atoms in total. The van der Waals surface area contributed by atoms with Crippen molar-refractivity contribution in [1.82, 2.24) is 14.5 Å². The van der Waals surface area contributed by atoms with Crippen LogP contribution in [0.25, 0.3) is 11.0 Å². The van der Waals surface area contributed by atoms with E-state index in [1.54, 1.807) is 0 Å². The quantitative estimate of drug-likeness (QED) is 0.652. The Morgan fingerprint density at radius 2 is 2.11 bits per heavy atom. The smallest absolute Gasteiger partial charge is 0.178 e. The largest absolute Gasteiger partial charge is 0.378 e. The Kier molecular flexibility index (Phi) is 4.74. The molecule has 0 fully saturated rings. The van der Waals surface area contributed by atoms with Gasteiger partial charge in [-0.25, -0.2) is 0 Å². The maximum Gasteiger partial charge on any atom is 0.178 e. The number of hydrogen-bond donors (Lipinski definition) is 1. The Balaban J connectivity index is 2.04. The van der Waals surface area contributed by atoms with E-state index in [0.717, 1.165) is 30.0 Å². The average molecular weight is 279 g/mol. The van der Waals surface area contributed by atoms with Crippen LogP contribution in [0.3, 0.4) is 0 Å². The molecular formula is C14H21N3OS. The number of imidazole rings is 1. The van der Waals surface area contributed by atoms with Crippen LogP contribution in [0, 0.1) is 11.7 Å². The molecular weight excluding hydrogens is 258 g/mol. The summed E-state index contributed by atoms with van der Waals surface area (Å²) in [5.41, 5.74) is 3.51. The predicted octanol–water partition coefficient (Wildman–Crippen LogP) is 2.59. The molecule has 2 aromatic rings. The topological polar surface area (TPSA) is 33.2 Å². The minimum absolute atomic E-state index is 0.684. The Bertz CT molecular complexity index is 600. The van der Waals surface area contributed by atoms with Gasteiger partial charge >= 0.3 is 0 Å². The van der Waals surface area contributed by atoms with Crippen molar-refractivity contribution < 1.29 is 4.74 Å². The summed E-state index contributed by atoms with van der Waals surface area (Å²) in [6.45, 7) is 5.27. The highest BCUT2D eigenvalue weighted by Gasteiger charge is 2.06. The number of para-hydroxylation sites is 1. The van der Waals surface area contributed by atoms with Gasteiger partial charge < -0.3 is 19.2 Å². The molecule has 0 amide bonds. The van der Waals surface area contributed by atoms with Crippen LogP contribution in [0.4, 0.5) is 0 Å². The van der Waals surface area contributed by atoms with E-state index in [2.05, 4.69) is 33.5 Å². The number of aromatic amines is 1. The zero-order chi connectivity index (χ0) is 13.8. The van der Waals surface area contributed by atoms with Gasteiger partial charge in [-0.05, 0) is 44.9 Å². The normalized spacial score (nSPS) is 11.6. The molecule has 0 aliphatic rings. The average Bonchev–Trinajstić information content (AvgIpc) is 2.66. The van der Waals surface area contributed by atoms with Crippen LogP contribution in [0.15, 0.2) is 18.2 Å². The van der Waals surface area contributed by atoms with Crippen molar-refractivity contribution in [3.8, 4) is 0 Å². The molecule has 0 radical (unpaired) electrons. The third-order valence-electron chi connectivity index (χ3n) is 3.14. The summed E-state index contributed by atoms with van der Waals surface area (Å²) >= 11 is 5.38. The lowest BCUT2D eigenvalue weighted by Gasteiger charge is -2.11. The number of nitrogens with zero attached hydrogens (tertiary/aromatic N) is 2. The van der Waals surface area contributed by atoms with Crippen LogP contribution in [0.1, 0.15) is 5.56 Å². The third kappa shape index (κ3) is 3.43. The number of benzene rings is 1. The van der Waals surface area contributed by atoms with Gasteiger partial charge in [0.1, 0.15) is 0 Å². The van der Waals surface area contributed by atoms with E-state index >= 15 is 0 Å². The number of H-pyrrole nitrogens is 1. The summed E-state index contributed by atoms with van der Waals surface area (Å²) in [5.74, 6) is 0. The molecule has 2 rings (SSSR count). The molecule has 0 spiro atoms. The van der Waals surface area contributed by atoms with E-state index < -0.39 is 0 Å². The molecule has 0 saturated carbocycles. The van der Waals surface area contributed by atoms with Crippen LogP contribution in [0.5, 0.6) is 0 Å². The number of rotatable bonds is 6. The summed E-state index contributed by atoms with van der Waals surface area (Å²) in [7, 11) is 4.09. The summed E-state index contributed by atoms with van der Waals surface area (Å²) in [6.07, 6.45) is 0. The molecule has 0 atom stereocenters.